The molecule has 11 nitrogen and oxygen atoms in total. The SMILES string of the molecule is CCCC(=O)Nc1cccc(-c2nc(Nc3ccc(NC(=O)OC(C)(C)C)c(C=N)c3)c3cc(CCO)c(OC)cc3n2)c1. The number of hydrogen-bond acceptors (Lipinski definition) is 9. The lowest BCUT2D eigenvalue weighted by Crippen LogP contribution is -2.27. The van der Waals surface area contributed by atoms with E-state index < -0.39 is 11.7 Å². The molecule has 5 N–H and O–H groups in total. The minimum absolute atomic E-state index is 0.0606. The number of aromatic nitrogens is 2. The average Bonchev–Trinajstić information content (AvgIpc) is 2.97. The lowest BCUT2D eigenvalue weighted by molar-refractivity contribution is -0.116. The number of aliphatic hydroxyl groups is 1. The molecule has 4 aromatic rings. The van der Waals surface area contributed by atoms with E-state index in [-0.39, 0.29) is 12.5 Å². The van der Waals surface area contributed by atoms with Gasteiger partial charge in [-0.25, -0.2) is 14.8 Å². The summed E-state index contributed by atoms with van der Waals surface area (Å²) in [5, 5.41) is 27.2. The van der Waals surface area contributed by atoms with Crippen molar-refractivity contribution in [3.8, 4) is 17.1 Å². The number of hydrogen-bond donors (Lipinski definition) is 5. The lowest BCUT2D eigenvalue weighted by atomic mass is 10.1. The molecule has 0 unspecified atom stereocenters. The molecule has 11 heteroatoms. The highest BCUT2D eigenvalue weighted by Gasteiger charge is 2.18. The number of fused-ring (bicyclic) bond motifs is 1. The van der Waals surface area contributed by atoms with Gasteiger partial charge in [0.15, 0.2) is 5.82 Å². The van der Waals surface area contributed by atoms with Crippen LogP contribution >= 0.6 is 0 Å². The van der Waals surface area contributed by atoms with Gasteiger partial charge in [0, 0.05) is 53.2 Å². The quantitative estimate of drug-likeness (QED) is 0.120. The van der Waals surface area contributed by atoms with Crippen LogP contribution in [-0.2, 0) is 16.0 Å². The zero-order valence-electron chi connectivity index (χ0n) is 25.6. The Kier molecular flexibility index (Phi) is 10.1. The van der Waals surface area contributed by atoms with E-state index in [9.17, 15) is 14.7 Å². The molecule has 1 aromatic heterocycles. The summed E-state index contributed by atoms with van der Waals surface area (Å²) in [6, 6.07) is 16.2. The van der Waals surface area contributed by atoms with Crippen molar-refractivity contribution in [2.75, 3.05) is 29.7 Å². The Hall–Kier alpha value is -5.03. The first-order chi connectivity index (χ1) is 21.0. The fourth-order valence-corrected chi connectivity index (χ4v) is 4.54. The monoisotopic (exact) mass is 598 g/mol. The molecule has 0 saturated carbocycles. The fraction of sp³-hybridized carbons (Fsp3) is 0.303. The maximum absolute atomic E-state index is 12.4. The maximum Gasteiger partial charge on any atom is 0.412 e. The van der Waals surface area contributed by atoms with E-state index in [1.54, 1.807) is 52.1 Å². The Balaban J connectivity index is 1.77. The van der Waals surface area contributed by atoms with Gasteiger partial charge < -0.3 is 30.6 Å². The van der Waals surface area contributed by atoms with Crippen LogP contribution in [0, 0.1) is 5.41 Å². The predicted octanol–water partition coefficient (Wildman–Crippen LogP) is 6.67. The molecule has 0 aliphatic carbocycles. The Bertz CT molecular complexity index is 1680. The largest absolute Gasteiger partial charge is 0.496 e. The van der Waals surface area contributed by atoms with E-state index in [1.165, 1.54) is 0 Å². The first-order valence-corrected chi connectivity index (χ1v) is 14.3. The van der Waals surface area contributed by atoms with Crippen LogP contribution in [0.3, 0.4) is 0 Å². The van der Waals surface area contributed by atoms with Gasteiger partial charge in [0.1, 0.15) is 17.2 Å². The summed E-state index contributed by atoms with van der Waals surface area (Å²) in [5.74, 6) is 1.42. The van der Waals surface area contributed by atoms with Gasteiger partial charge in [-0.1, -0.05) is 19.1 Å². The van der Waals surface area contributed by atoms with Crippen LogP contribution in [0.15, 0.2) is 54.6 Å². The van der Waals surface area contributed by atoms with Gasteiger partial charge in [-0.3, -0.25) is 10.1 Å². The van der Waals surface area contributed by atoms with Crippen molar-refractivity contribution in [1.29, 1.82) is 5.41 Å². The second kappa shape index (κ2) is 14.0. The fourth-order valence-electron chi connectivity index (χ4n) is 4.54. The highest BCUT2D eigenvalue weighted by atomic mass is 16.6. The molecule has 44 heavy (non-hydrogen) atoms. The van der Waals surface area contributed by atoms with Crippen LogP contribution in [0.5, 0.6) is 5.75 Å². The van der Waals surface area contributed by atoms with E-state index in [4.69, 9.17) is 24.9 Å². The number of ether oxygens (including phenoxy) is 2. The van der Waals surface area contributed by atoms with Gasteiger partial charge in [-0.15, -0.1) is 0 Å². The van der Waals surface area contributed by atoms with Gasteiger partial charge in [0.05, 0.1) is 18.3 Å². The normalized spacial score (nSPS) is 11.1. The van der Waals surface area contributed by atoms with Gasteiger partial charge in [0.2, 0.25) is 5.91 Å². The number of nitrogens with one attached hydrogen (secondary N) is 4. The van der Waals surface area contributed by atoms with Crippen molar-refractivity contribution < 1.29 is 24.2 Å². The van der Waals surface area contributed by atoms with Crippen LogP contribution in [0.1, 0.15) is 51.7 Å². The first-order valence-electron chi connectivity index (χ1n) is 14.3. The van der Waals surface area contributed by atoms with Gasteiger partial charge in [-0.2, -0.15) is 0 Å². The summed E-state index contributed by atoms with van der Waals surface area (Å²) >= 11 is 0. The molecule has 0 fully saturated rings. The third-order valence-corrected chi connectivity index (χ3v) is 6.47. The molecule has 3 aromatic carbocycles. The van der Waals surface area contributed by atoms with E-state index in [1.807, 2.05) is 37.3 Å². The molecule has 0 radical (unpaired) electrons. The number of anilines is 4. The highest BCUT2D eigenvalue weighted by Crippen LogP contribution is 2.34. The molecular weight excluding hydrogens is 560 g/mol. The van der Waals surface area contributed by atoms with E-state index in [0.29, 0.717) is 69.3 Å². The van der Waals surface area contributed by atoms with Gasteiger partial charge in [-0.05, 0) is 75.6 Å². The summed E-state index contributed by atoms with van der Waals surface area (Å²) < 4.78 is 10.9. The van der Waals surface area contributed by atoms with E-state index in [0.717, 1.165) is 18.2 Å². The number of rotatable bonds is 11. The van der Waals surface area contributed by atoms with Crippen LogP contribution in [0.2, 0.25) is 0 Å². The summed E-state index contributed by atoms with van der Waals surface area (Å²) in [4.78, 5) is 34.2. The first kappa shape index (κ1) is 31.9. The Labute approximate surface area is 256 Å². The molecule has 0 aliphatic rings. The third kappa shape index (κ3) is 8.07. The Morgan fingerprint density at radius 2 is 1.82 bits per heavy atom. The van der Waals surface area contributed by atoms with Crippen molar-refractivity contribution >= 4 is 52.0 Å². The van der Waals surface area contributed by atoms with Crippen molar-refractivity contribution in [3.05, 3.63) is 65.7 Å². The molecule has 0 aliphatic heterocycles. The standard InChI is InChI=1S/C33H38N6O5/c1-6-8-29(41)35-23-10-7-9-21(15-23)30-37-27-18-28(43-5)20(13-14-40)17-25(27)31(39-30)36-24-11-12-26(22(16-24)19-34)38-32(42)44-33(2,3)4/h7,9-12,15-19,34,40H,6,8,13-14H2,1-5H3,(H,35,41)(H,38,42)(H,36,37,39). The number of aliphatic hydroxyl groups excluding tert-OH is 1. The third-order valence-electron chi connectivity index (χ3n) is 6.47. The number of amides is 2. The van der Waals surface area contributed by atoms with Gasteiger partial charge in [0.25, 0.3) is 0 Å². The number of benzene rings is 3. The minimum Gasteiger partial charge on any atom is -0.496 e. The number of carbonyl (C=O) groups excluding carboxylic acids is 2. The highest BCUT2D eigenvalue weighted by molar-refractivity contribution is 5.97. The van der Waals surface area contributed by atoms with Crippen molar-refractivity contribution in [1.82, 2.24) is 9.97 Å². The van der Waals surface area contributed by atoms with Crippen LogP contribution in [0.4, 0.5) is 27.7 Å². The smallest absolute Gasteiger partial charge is 0.412 e. The van der Waals surface area contributed by atoms with Crippen LogP contribution in [0.25, 0.3) is 22.3 Å². The number of carbonyl (C=O) groups is 2. The lowest BCUT2D eigenvalue weighted by Gasteiger charge is -2.20. The molecule has 230 valence electrons. The zero-order valence-corrected chi connectivity index (χ0v) is 25.6. The molecule has 0 atom stereocenters. The molecular formula is C33H38N6O5. The zero-order chi connectivity index (χ0) is 31.9. The average molecular weight is 599 g/mol. The number of methoxy groups -OCH3 is 1. The summed E-state index contributed by atoms with van der Waals surface area (Å²) in [7, 11) is 1.57. The second-order valence-electron chi connectivity index (χ2n) is 11.1. The molecule has 0 saturated heterocycles. The van der Waals surface area contributed by atoms with E-state index >= 15 is 0 Å². The topological polar surface area (TPSA) is 159 Å². The van der Waals surface area contributed by atoms with E-state index in [2.05, 4.69) is 16.0 Å². The van der Waals surface area contributed by atoms with Gasteiger partial charge >= 0.3 is 6.09 Å². The van der Waals surface area contributed by atoms with Crippen LogP contribution < -0.4 is 20.7 Å². The summed E-state index contributed by atoms with van der Waals surface area (Å²) in [6.07, 6.45) is 2.06. The Morgan fingerprint density at radius 3 is 2.50 bits per heavy atom. The minimum atomic E-state index is -0.666. The summed E-state index contributed by atoms with van der Waals surface area (Å²) in [5.41, 5.74) is 3.55. The molecule has 2 amide bonds. The maximum atomic E-state index is 12.4. The Morgan fingerprint density at radius 1 is 1.02 bits per heavy atom. The number of nitrogens with zero attached hydrogens (tertiary/aromatic N) is 2. The molecule has 4 rings (SSSR count). The van der Waals surface area contributed by atoms with Crippen molar-refractivity contribution in [2.24, 2.45) is 0 Å². The predicted molar refractivity (Wildman–Crippen MR) is 173 cm³/mol. The van der Waals surface area contributed by atoms with Crippen molar-refractivity contribution in [2.45, 2.75) is 52.6 Å². The molecule has 0 spiro atoms. The second-order valence-corrected chi connectivity index (χ2v) is 11.1. The van der Waals surface area contributed by atoms with Crippen molar-refractivity contribution in [3.63, 3.8) is 0 Å². The van der Waals surface area contributed by atoms with Crippen LogP contribution in [-0.4, -0.2) is 52.6 Å². The summed E-state index contributed by atoms with van der Waals surface area (Å²) in [6.45, 7) is 7.21. The molecule has 1 heterocycles. The molecule has 0 bridgehead atoms.